The van der Waals surface area contributed by atoms with Crippen molar-refractivity contribution in [2.24, 2.45) is 5.92 Å². The third kappa shape index (κ3) is 3.72. The number of pyridine rings is 1. The van der Waals surface area contributed by atoms with Crippen LogP contribution < -0.4 is 4.74 Å². The minimum Gasteiger partial charge on any atom is -0.494 e. The molecule has 2 amide bonds. The van der Waals surface area contributed by atoms with E-state index in [1.54, 1.807) is 24.5 Å². The van der Waals surface area contributed by atoms with Crippen LogP contribution in [0.2, 0.25) is 0 Å². The summed E-state index contributed by atoms with van der Waals surface area (Å²) in [7, 11) is 0. The number of hydrogen-bond donors (Lipinski definition) is 0. The standard InChI is InChI=1S/C22H25N3O3/c1-2-28-20-9-6-17(7-10-20)22(27)25-14-16-5-8-19(25)15-24(13-16)21(26)18-4-3-11-23-12-18/h3-4,6-7,9-12,16,19H,2,5,8,13-15H2,1H3/t16-,19+/m0/s1. The van der Waals surface area contributed by atoms with Crippen molar-refractivity contribution in [3.8, 4) is 5.75 Å². The molecule has 1 aromatic carbocycles. The van der Waals surface area contributed by atoms with Gasteiger partial charge in [0.25, 0.3) is 11.8 Å². The predicted molar refractivity (Wildman–Crippen MR) is 105 cm³/mol. The van der Waals surface area contributed by atoms with Gasteiger partial charge < -0.3 is 14.5 Å². The smallest absolute Gasteiger partial charge is 0.255 e. The number of rotatable bonds is 4. The van der Waals surface area contributed by atoms with Crippen LogP contribution in [-0.2, 0) is 0 Å². The average molecular weight is 379 g/mol. The quantitative estimate of drug-likeness (QED) is 0.820. The fourth-order valence-corrected chi connectivity index (χ4v) is 4.19. The van der Waals surface area contributed by atoms with Gasteiger partial charge in [0.1, 0.15) is 5.75 Å². The summed E-state index contributed by atoms with van der Waals surface area (Å²) in [5, 5.41) is 0. The van der Waals surface area contributed by atoms with E-state index in [4.69, 9.17) is 4.74 Å². The van der Waals surface area contributed by atoms with E-state index in [0.717, 1.165) is 18.6 Å². The first-order chi connectivity index (χ1) is 13.7. The molecule has 0 spiro atoms. The Kier molecular flexibility index (Phi) is 5.28. The van der Waals surface area contributed by atoms with Crippen LogP contribution in [-0.4, -0.2) is 58.9 Å². The maximum absolute atomic E-state index is 13.1. The Labute approximate surface area is 165 Å². The number of nitrogens with zero attached hydrogens (tertiary/aromatic N) is 3. The van der Waals surface area contributed by atoms with Crippen molar-refractivity contribution in [3.63, 3.8) is 0 Å². The summed E-state index contributed by atoms with van der Waals surface area (Å²) in [6.07, 6.45) is 5.26. The van der Waals surface area contributed by atoms with Crippen molar-refractivity contribution < 1.29 is 14.3 Å². The van der Waals surface area contributed by atoms with E-state index in [9.17, 15) is 9.59 Å². The van der Waals surface area contributed by atoms with E-state index >= 15 is 0 Å². The molecule has 1 aromatic heterocycles. The highest BCUT2D eigenvalue weighted by Crippen LogP contribution is 2.30. The Bertz CT molecular complexity index is 838. The van der Waals surface area contributed by atoms with Crippen LogP contribution in [0.15, 0.2) is 48.8 Å². The molecular formula is C22H25N3O3. The zero-order chi connectivity index (χ0) is 19.5. The number of carbonyl (C=O) groups excluding carboxylic acids is 2. The van der Waals surface area contributed by atoms with Crippen LogP contribution in [0.1, 0.15) is 40.5 Å². The van der Waals surface area contributed by atoms with Gasteiger partial charge in [0, 0.05) is 43.6 Å². The fraction of sp³-hybridized carbons (Fsp3) is 0.409. The third-order valence-electron chi connectivity index (χ3n) is 5.58. The molecule has 3 fully saturated rings. The number of piperidine rings is 1. The third-order valence-corrected chi connectivity index (χ3v) is 5.58. The van der Waals surface area contributed by atoms with Crippen LogP contribution in [0.5, 0.6) is 5.75 Å². The maximum atomic E-state index is 13.1. The lowest BCUT2D eigenvalue weighted by Crippen LogP contribution is -2.47. The monoisotopic (exact) mass is 379 g/mol. The molecule has 0 saturated carbocycles. The van der Waals surface area contributed by atoms with Crippen LogP contribution in [0.4, 0.5) is 0 Å². The highest BCUT2D eigenvalue weighted by molar-refractivity contribution is 5.95. The van der Waals surface area contributed by atoms with Gasteiger partial charge in [-0.05, 0) is 62.1 Å². The van der Waals surface area contributed by atoms with Crippen molar-refractivity contribution in [3.05, 3.63) is 59.9 Å². The van der Waals surface area contributed by atoms with Crippen molar-refractivity contribution in [1.29, 1.82) is 0 Å². The van der Waals surface area contributed by atoms with E-state index in [2.05, 4.69) is 4.98 Å². The lowest BCUT2D eigenvalue weighted by Gasteiger charge is -2.36. The Morgan fingerprint density at radius 1 is 1.04 bits per heavy atom. The lowest BCUT2D eigenvalue weighted by atomic mass is 9.94. The minimum atomic E-state index is 0.000339. The molecular weight excluding hydrogens is 354 g/mol. The van der Waals surface area contributed by atoms with E-state index in [1.165, 1.54) is 0 Å². The first-order valence-electron chi connectivity index (χ1n) is 9.89. The highest BCUT2D eigenvalue weighted by Gasteiger charge is 2.39. The van der Waals surface area contributed by atoms with E-state index in [1.807, 2.05) is 41.0 Å². The largest absolute Gasteiger partial charge is 0.494 e. The molecule has 4 heterocycles. The highest BCUT2D eigenvalue weighted by atomic mass is 16.5. The summed E-state index contributed by atoms with van der Waals surface area (Å²) in [4.78, 5) is 33.9. The second kappa shape index (κ2) is 8.00. The normalized spacial score (nSPS) is 21.3. The number of carbonyl (C=O) groups is 2. The van der Waals surface area contributed by atoms with E-state index in [-0.39, 0.29) is 17.9 Å². The number of fused-ring (bicyclic) bond motifs is 4. The molecule has 0 aliphatic carbocycles. The molecule has 6 nitrogen and oxygen atoms in total. The molecule has 2 bridgehead atoms. The Hall–Kier alpha value is -2.89. The van der Waals surface area contributed by atoms with Gasteiger partial charge in [0.05, 0.1) is 12.2 Å². The second-order valence-electron chi connectivity index (χ2n) is 7.46. The van der Waals surface area contributed by atoms with Crippen molar-refractivity contribution in [2.45, 2.75) is 25.8 Å². The topological polar surface area (TPSA) is 62.7 Å². The van der Waals surface area contributed by atoms with Crippen molar-refractivity contribution in [2.75, 3.05) is 26.2 Å². The molecule has 28 heavy (non-hydrogen) atoms. The lowest BCUT2D eigenvalue weighted by molar-refractivity contribution is 0.0574. The second-order valence-corrected chi connectivity index (χ2v) is 7.46. The van der Waals surface area contributed by atoms with Gasteiger partial charge >= 0.3 is 0 Å². The molecule has 6 heteroatoms. The molecule has 146 valence electrons. The summed E-state index contributed by atoms with van der Waals surface area (Å²) >= 11 is 0. The minimum absolute atomic E-state index is 0.000339. The Morgan fingerprint density at radius 3 is 2.57 bits per heavy atom. The number of hydrogen-bond acceptors (Lipinski definition) is 4. The summed E-state index contributed by atoms with van der Waals surface area (Å²) in [6, 6.07) is 11.0. The van der Waals surface area contributed by atoms with Gasteiger partial charge in [-0.15, -0.1) is 0 Å². The van der Waals surface area contributed by atoms with Crippen molar-refractivity contribution in [1.82, 2.24) is 14.8 Å². The van der Waals surface area contributed by atoms with Crippen molar-refractivity contribution >= 4 is 11.8 Å². The number of amides is 2. The fourth-order valence-electron chi connectivity index (χ4n) is 4.19. The summed E-state index contributed by atoms with van der Waals surface area (Å²) < 4.78 is 5.46. The molecule has 3 aliphatic rings. The zero-order valence-electron chi connectivity index (χ0n) is 16.1. The first-order valence-corrected chi connectivity index (χ1v) is 9.89. The number of aromatic nitrogens is 1. The van der Waals surface area contributed by atoms with Crippen LogP contribution >= 0.6 is 0 Å². The molecule has 0 unspecified atom stereocenters. The molecule has 0 N–H and O–H groups in total. The van der Waals surface area contributed by atoms with Gasteiger partial charge in [0.15, 0.2) is 0 Å². The van der Waals surface area contributed by atoms with Crippen LogP contribution in [0.25, 0.3) is 0 Å². The van der Waals surface area contributed by atoms with Crippen LogP contribution in [0, 0.1) is 5.92 Å². The summed E-state index contributed by atoms with van der Waals surface area (Å²) in [5.41, 5.74) is 1.27. The zero-order valence-corrected chi connectivity index (χ0v) is 16.1. The van der Waals surface area contributed by atoms with Crippen LogP contribution in [0.3, 0.4) is 0 Å². The van der Waals surface area contributed by atoms with Gasteiger partial charge in [-0.25, -0.2) is 0 Å². The van der Waals surface area contributed by atoms with Gasteiger partial charge in [-0.1, -0.05) is 0 Å². The SMILES string of the molecule is CCOc1ccc(C(=O)N2C[C@H]3CC[C@@H]2CN(C(=O)c2cccnc2)C3)cc1. The Balaban J connectivity index is 1.50. The first kappa shape index (κ1) is 18.5. The van der Waals surface area contributed by atoms with Gasteiger partial charge in [-0.2, -0.15) is 0 Å². The van der Waals surface area contributed by atoms with Gasteiger partial charge in [-0.3, -0.25) is 14.6 Å². The van der Waals surface area contributed by atoms with E-state index in [0.29, 0.717) is 43.3 Å². The predicted octanol–water partition coefficient (Wildman–Crippen LogP) is 2.86. The molecule has 2 aromatic rings. The average Bonchev–Trinajstić information content (AvgIpc) is 3.06. The van der Waals surface area contributed by atoms with Gasteiger partial charge in [0.2, 0.25) is 0 Å². The molecule has 2 atom stereocenters. The molecule has 3 saturated heterocycles. The number of benzene rings is 1. The molecule has 3 aliphatic heterocycles. The van der Waals surface area contributed by atoms with E-state index < -0.39 is 0 Å². The number of ether oxygens (including phenoxy) is 1. The summed E-state index contributed by atoms with van der Waals surface area (Å²) in [6.45, 7) is 4.51. The molecule has 5 rings (SSSR count). The summed E-state index contributed by atoms with van der Waals surface area (Å²) in [5.74, 6) is 1.12. The maximum Gasteiger partial charge on any atom is 0.255 e. The Morgan fingerprint density at radius 2 is 1.86 bits per heavy atom. The molecule has 0 radical (unpaired) electrons.